The number of rotatable bonds is 1. The quantitative estimate of drug-likeness (QED) is 0.616. The lowest BCUT2D eigenvalue weighted by Crippen LogP contribution is -2.38. The first-order chi connectivity index (χ1) is 10.1. The lowest BCUT2D eigenvalue weighted by atomic mass is 9.69. The summed E-state index contributed by atoms with van der Waals surface area (Å²) >= 11 is 0. The normalized spacial score (nSPS) is 26.2. The number of amides is 1. The molecule has 1 heterocycles. The van der Waals surface area contributed by atoms with Gasteiger partial charge in [-0.1, -0.05) is 12.5 Å². The molecule has 1 spiro atoms. The van der Waals surface area contributed by atoms with Gasteiger partial charge in [0.1, 0.15) is 0 Å². The van der Waals surface area contributed by atoms with Crippen molar-refractivity contribution in [1.82, 2.24) is 10.4 Å². The van der Waals surface area contributed by atoms with Crippen LogP contribution < -0.4 is 5.48 Å². The summed E-state index contributed by atoms with van der Waals surface area (Å²) in [5, 5.41) is 8.80. The Kier molecular flexibility index (Phi) is 4.00. The Bertz CT molecular complexity index is 544. The van der Waals surface area contributed by atoms with Crippen molar-refractivity contribution < 1.29 is 10.0 Å². The van der Waals surface area contributed by atoms with Crippen LogP contribution in [-0.2, 0) is 12.8 Å². The zero-order valence-electron chi connectivity index (χ0n) is 12.7. The summed E-state index contributed by atoms with van der Waals surface area (Å²) in [6.07, 6.45) is 7.28. The van der Waals surface area contributed by atoms with E-state index in [-0.39, 0.29) is 0 Å². The van der Waals surface area contributed by atoms with Crippen molar-refractivity contribution in [3.63, 3.8) is 0 Å². The van der Waals surface area contributed by atoms with Gasteiger partial charge < -0.3 is 4.90 Å². The van der Waals surface area contributed by atoms with E-state index in [4.69, 9.17) is 5.21 Å². The maximum atomic E-state index is 11.6. The second kappa shape index (κ2) is 5.78. The lowest BCUT2D eigenvalue weighted by molar-refractivity contribution is 0.0706. The molecular weight excluding hydrogens is 264 g/mol. The summed E-state index contributed by atoms with van der Waals surface area (Å²) in [5.41, 5.74) is 5.30. The molecule has 1 aromatic carbocycles. The van der Waals surface area contributed by atoms with Crippen LogP contribution in [0.2, 0.25) is 0 Å². The highest BCUT2D eigenvalue weighted by atomic mass is 16.5. The number of likely N-dealkylation sites (tertiary alicyclic amines) is 1. The van der Waals surface area contributed by atoms with Gasteiger partial charge in [-0.3, -0.25) is 10.0 Å². The van der Waals surface area contributed by atoms with Gasteiger partial charge in [-0.05, 0) is 74.4 Å². The van der Waals surface area contributed by atoms with E-state index in [1.807, 2.05) is 18.2 Å². The van der Waals surface area contributed by atoms with Crippen molar-refractivity contribution >= 4 is 5.91 Å². The van der Waals surface area contributed by atoms with Crippen molar-refractivity contribution in [2.75, 3.05) is 20.1 Å². The number of carbonyl (C=O) groups excluding carboxylic acids is 1. The predicted molar refractivity (Wildman–Crippen MR) is 81.5 cm³/mol. The standard InChI is InChI=1S/C17H24N2O2/c1-19-9-3-2-7-17(12-19)8-6-13-4-5-14(16(20)18-21)10-15(13)11-17/h4-5,10,21H,2-3,6-9,11-12H2,1H3,(H,18,20). The van der Waals surface area contributed by atoms with Gasteiger partial charge in [0.25, 0.3) is 5.91 Å². The highest BCUT2D eigenvalue weighted by molar-refractivity contribution is 5.93. The van der Waals surface area contributed by atoms with Crippen molar-refractivity contribution in [3.05, 3.63) is 34.9 Å². The van der Waals surface area contributed by atoms with Gasteiger partial charge in [0, 0.05) is 12.1 Å². The molecule has 1 atom stereocenters. The van der Waals surface area contributed by atoms with Gasteiger partial charge in [0.15, 0.2) is 0 Å². The van der Waals surface area contributed by atoms with Crippen LogP contribution in [0.5, 0.6) is 0 Å². The van der Waals surface area contributed by atoms with Gasteiger partial charge in [-0.2, -0.15) is 0 Å². The van der Waals surface area contributed by atoms with Gasteiger partial charge in [0.05, 0.1) is 0 Å². The number of fused-ring (bicyclic) bond motifs is 1. The van der Waals surface area contributed by atoms with Gasteiger partial charge >= 0.3 is 0 Å². The molecule has 2 aliphatic rings. The Morgan fingerprint density at radius 1 is 1.29 bits per heavy atom. The second-order valence-corrected chi connectivity index (χ2v) is 6.80. The Morgan fingerprint density at radius 2 is 2.14 bits per heavy atom. The molecule has 1 aliphatic carbocycles. The molecule has 1 fully saturated rings. The number of benzene rings is 1. The molecule has 4 heteroatoms. The van der Waals surface area contributed by atoms with Crippen molar-refractivity contribution in [1.29, 1.82) is 0 Å². The van der Waals surface area contributed by atoms with E-state index in [1.165, 1.54) is 43.4 Å². The van der Waals surface area contributed by atoms with Gasteiger partial charge in [-0.25, -0.2) is 5.48 Å². The highest BCUT2D eigenvalue weighted by Gasteiger charge is 2.36. The van der Waals surface area contributed by atoms with E-state index in [2.05, 4.69) is 11.9 Å². The summed E-state index contributed by atoms with van der Waals surface area (Å²) in [7, 11) is 2.22. The minimum Gasteiger partial charge on any atom is -0.306 e. The molecule has 0 radical (unpaired) electrons. The molecule has 1 aliphatic heterocycles. The van der Waals surface area contributed by atoms with Crippen molar-refractivity contribution in [2.45, 2.75) is 38.5 Å². The summed E-state index contributed by atoms with van der Waals surface area (Å²) in [6, 6.07) is 5.82. The molecule has 0 bridgehead atoms. The predicted octanol–water partition coefficient (Wildman–Crippen LogP) is 2.40. The number of nitrogens with zero attached hydrogens (tertiary/aromatic N) is 1. The molecule has 1 amide bonds. The first-order valence-electron chi connectivity index (χ1n) is 7.87. The number of nitrogens with one attached hydrogen (secondary N) is 1. The van der Waals surface area contributed by atoms with Crippen LogP contribution in [0.4, 0.5) is 0 Å². The lowest BCUT2D eigenvalue weighted by Gasteiger charge is -2.39. The molecule has 114 valence electrons. The zero-order valence-corrected chi connectivity index (χ0v) is 12.7. The highest BCUT2D eigenvalue weighted by Crippen LogP contribution is 2.41. The average Bonchev–Trinajstić information content (AvgIpc) is 2.67. The van der Waals surface area contributed by atoms with Crippen LogP contribution in [0.3, 0.4) is 0 Å². The number of aryl methyl sites for hydroxylation is 1. The molecule has 21 heavy (non-hydrogen) atoms. The number of carbonyl (C=O) groups is 1. The summed E-state index contributed by atoms with van der Waals surface area (Å²) < 4.78 is 0. The van der Waals surface area contributed by atoms with E-state index < -0.39 is 5.91 Å². The third kappa shape index (κ3) is 2.97. The van der Waals surface area contributed by atoms with Gasteiger partial charge in [-0.15, -0.1) is 0 Å². The molecule has 0 aromatic heterocycles. The third-order valence-corrected chi connectivity index (χ3v) is 5.16. The van der Waals surface area contributed by atoms with E-state index in [0.29, 0.717) is 11.0 Å². The van der Waals surface area contributed by atoms with E-state index in [1.54, 1.807) is 5.48 Å². The second-order valence-electron chi connectivity index (χ2n) is 6.80. The van der Waals surface area contributed by atoms with Crippen LogP contribution in [-0.4, -0.2) is 36.2 Å². The van der Waals surface area contributed by atoms with E-state index >= 15 is 0 Å². The van der Waals surface area contributed by atoms with Gasteiger partial charge in [0.2, 0.25) is 0 Å². The monoisotopic (exact) mass is 288 g/mol. The van der Waals surface area contributed by atoms with Crippen LogP contribution in [0.25, 0.3) is 0 Å². The number of hydroxylamine groups is 1. The maximum Gasteiger partial charge on any atom is 0.274 e. The maximum absolute atomic E-state index is 11.6. The molecule has 3 rings (SSSR count). The smallest absolute Gasteiger partial charge is 0.274 e. The molecule has 4 nitrogen and oxygen atoms in total. The van der Waals surface area contributed by atoms with Crippen molar-refractivity contribution in [2.24, 2.45) is 5.41 Å². The molecule has 1 unspecified atom stereocenters. The first-order valence-corrected chi connectivity index (χ1v) is 7.87. The number of hydrogen-bond donors (Lipinski definition) is 2. The van der Waals surface area contributed by atoms with Crippen LogP contribution in [0.1, 0.15) is 47.2 Å². The topological polar surface area (TPSA) is 52.6 Å². The Labute approximate surface area is 126 Å². The van der Waals surface area contributed by atoms with E-state index in [0.717, 1.165) is 19.4 Å². The zero-order chi connectivity index (χ0) is 14.9. The Hall–Kier alpha value is -1.39. The summed E-state index contributed by atoms with van der Waals surface area (Å²) in [5.74, 6) is -0.421. The minimum absolute atomic E-state index is 0.368. The van der Waals surface area contributed by atoms with Crippen LogP contribution in [0.15, 0.2) is 18.2 Å². The summed E-state index contributed by atoms with van der Waals surface area (Å²) in [6.45, 7) is 2.35. The summed E-state index contributed by atoms with van der Waals surface area (Å²) in [4.78, 5) is 14.1. The first kappa shape index (κ1) is 14.5. The minimum atomic E-state index is -0.421. The van der Waals surface area contributed by atoms with Crippen LogP contribution >= 0.6 is 0 Å². The molecule has 1 aromatic rings. The average molecular weight is 288 g/mol. The van der Waals surface area contributed by atoms with Crippen molar-refractivity contribution in [3.8, 4) is 0 Å². The third-order valence-electron chi connectivity index (χ3n) is 5.16. The number of hydrogen-bond acceptors (Lipinski definition) is 3. The molecular formula is C17H24N2O2. The SMILES string of the molecule is CN1CCCCC2(CCc3ccc(C(=O)NO)cc3C2)C1. The molecule has 1 saturated heterocycles. The van der Waals surface area contributed by atoms with Crippen LogP contribution in [0, 0.1) is 5.41 Å². The Morgan fingerprint density at radius 3 is 2.95 bits per heavy atom. The Balaban J connectivity index is 1.87. The largest absolute Gasteiger partial charge is 0.306 e. The van der Waals surface area contributed by atoms with E-state index in [9.17, 15) is 4.79 Å². The fourth-order valence-electron chi connectivity index (χ4n) is 4.09. The fraction of sp³-hybridized carbons (Fsp3) is 0.588. The molecule has 0 saturated carbocycles. The molecule has 2 N–H and O–H groups in total. The fourth-order valence-corrected chi connectivity index (χ4v) is 4.09.